The van der Waals surface area contributed by atoms with Crippen molar-refractivity contribution in [3.8, 4) is 0 Å². The number of fused-ring (bicyclic) bond motifs is 1. The quantitative estimate of drug-likeness (QED) is 0.647. The van der Waals surface area contributed by atoms with Gasteiger partial charge in [0.1, 0.15) is 0 Å². The second-order valence-electron chi connectivity index (χ2n) is 5.31. The first kappa shape index (κ1) is 13.2. The van der Waals surface area contributed by atoms with Crippen molar-refractivity contribution in [3.63, 3.8) is 0 Å². The first-order chi connectivity index (χ1) is 9.84. The smallest absolute Gasteiger partial charge is 0.0951 e. The molecule has 1 heterocycles. The van der Waals surface area contributed by atoms with Crippen LogP contribution in [0.25, 0.3) is 10.9 Å². The van der Waals surface area contributed by atoms with Crippen LogP contribution in [-0.4, -0.2) is 24.2 Å². The van der Waals surface area contributed by atoms with E-state index in [0.717, 1.165) is 29.7 Å². The molecule has 0 aliphatic heterocycles. The number of nitrogens with one attached hydrogen (secondary N) is 1. The Balaban J connectivity index is 1.61. The minimum absolute atomic E-state index is 0.474. The number of nitrogens with two attached hydrogens (primary N) is 1. The minimum Gasteiger partial charge on any atom is -0.397 e. The SMILES string of the molecule is Nc1cccc2c(NCCOC3CCCC3)ccnc12. The van der Waals surface area contributed by atoms with Gasteiger partial charge in [-0.2, -0.15) is 0 Å². The molecule has 0 amide bonds. The van der Waals surface area contributed by atoms with Crippen molar-refractivity contribution in [3.05, 3.63) is 30.5 Å². The summed E-state index contributed by atoms with van der Waals surface area (Å²) in [5, 5.41) is 4.48. The highest BCUT2D eigenvalue weighted by molar-refractivity contribution is 5.97. The topological polar surface area (TPSA) is 60.2 Å². The molecule has 1 aliphatic carbocycles. The summed E-state index contributed by atoms with van der Waals surface area (Å²) in [4.78, 5) is 4.34. The molecule has 106 valence electrons. The van der Waals surface area contributed by atoms with Crippen molar-refractivity contribution in [2.24, 2.45) is 0 Å². The van der Waals surface area contributed by atoms with Crippen LogP contribution in [0.2, 0.25) is 0 Å². The molecule has 3 N–H and O–H groups in total. The van der Waals surface area contributed by atoms with E-state index in [4.69, 9.17) is 10.5 Å². The maximum absolute atomic E-state index is 5.95. The van der Waals surface area contributed by atoms with Gasteiger partial charge in [0, 0.05) is 23.8 Å². The third kappa shape index (κ3) is 2.85. The molecule has 0 bridgehead atoms. The lowest BCUT2D eigenvalue weighted by molar-refractivity contribution is 0.0659. The molecule has 4 nitrogen and oxygen atoms in total. The Bertz CT molecular complexity index is 579. The van der Waals surface area contributed by atoms with E-state index < -0.39 is 0 Å². The molecule has 1 aliphatic rings. The van der Waals surface area contributed by atoms with E-state index in [9.17, 15) is 0 Å². The zero-order valence-electron chi connectivity index (χ0n) is 11.6. The average molecular weight is 271 g/mol. The molecular formula is C16H21N3O. The Morgan fingerprint density at radius 2 is 2.10 bits per heavy atom. The van der Waals surface area contributed by atoms with Crippen LogP contribution in [0.4, 0.5) is 11.4 Å². The molecule has 3 rings (SSSR count). The van der Waals surface area contributed by atoms with Gasteiger partial charge in [0.2, 0.25) is 0 Å². The summed E-state index contributed by atoms with van der Waals surface area (Å²) >= 11 is 0. The first-order valence-electron chi connectivity index (χ1n) is 7.33. The van der Waals surface area contributed by atoms with Crippen LogP contribution in [0.1, 0.15) is 25.7 Å². The lowest BCUT2D eigenvalue weighted by atomic mass is 10.1. The van der Waals surface area contributed by atoms with Crippen LogP contribution < -0.4 is 11.1 Å². The summed E-state index contributed by atoms with van der Waals surface area (Å²) in [7, 11) is 0. The van der Waals surface area contributed by atoms with Crippen LogP contribution in [0.3, 0.4) is 0 Å². The molecule has 0 radical (unpaired) electrons. The van der Waals surface area contributed by atoms with Gasteiger partial charge in [-0.05, 0) is 25.0 Å². The van der Waals surface area contributed by atoms with E-state index in [1.54, 1.807) is 6.20 Å². The predicted octanol–water partition coefficient (Wildman–Crippen LogP) is 3.19. The highest BCUT2D eigenvalue weighted by atomic mass is 16.5. The molecule has 1 saturated carbocycles. The summed E-state index contributed by atoms with van der Waals surface area (Å²) in [5.41, 5.74) is 8.59. The summed E-state index contributed by atoms with van der Waals surface area (Å²) < 4.78 is 5.86. The highest BCUT2D eigenvalue weighted by Crippen LogP contribution is 2.25. The largest absolute Gasteiger partial charge is 0.397 e. The fraction of sp³-hybridized carbons (Fsp3) is 0.438. The zero-order chi connectivity index (χ0) is 13.8. The van der Waals surface area contributed by atoms with Crippen molar-refractivity contribution in [1.82, 2.24) is 4.98 Å². The van der Waals surface area contributed by atoms with Gasteiger partial charge in [0.05, 0.1) is 23.9 Å². The number of pyridine rings is 1. The molecule has 0 saturated heterocycles. The van der Waals surface area contributed by atoms with Crippen LogP contribution in [0.15, 0.2) is 30.5 Å². The number of ether oxygens (including phenoxy) is 1. The number of hydrogen-bond donors (Lipinski definition) is 2. The van der Waals surface area contributed by atoms with Crippen molar-refractivity contribution >= 4 is 22.3 Å². The lowest BCUT2D eigenvalue weighted by Crippen LogP contribution is -2.15. The van der Waals surface area contributed by atoms with E-state index in [2.05, 4.69) is 10.3 Å². The first-order valence-corrected chi connectivity index (χ1v) is 7.33. The number of hydrogen-bond acceptors (Lipinski definition) is 4. The molecular weight excluding hydrogens is 250 g/mol. The molecule has 0 atom stereocenters. The third-order valence-corrected chi connectivity index (χ3v) is 3.88. The standard InChI is InChI=1S/C16H21N3O/c17-14-7-3-6-13-15(8-9-19-16(13)14)18-10-11-20-12-4-1-2-5-12/h3,6-9,12H,1-2,4-5,10-11,17H2,(H,18,19). The maximum atomic E-state index is 5.95. The van der Waals surface area contributed by atoms with Gasteiger partial charge in [-0.15, -0.1) is 0 Å². The molecule has 1 aromatic carbocycles. The number of anilines is 2. The number of para-hydroxylation sites is 1. The Morgan fingerprint density at radius 3 is 2.95 bits per heavy atom. The van der Waals surface area contributed by atoms with Gasteiger partial charge >= 0.3 is 0 Å². The summed E-state index contributed by atoms with van der Waals surface area (Å²) in [6.45, 7) is 1.56. The highest BCUT2D eigenvalue weighted by Gasteiger charge is 2.14. The predicted molar refractivity (Wildman–Crippen MR) is 82.9 cm³/mol. The number of nitrogens with zero attached hydrogens (tertiary/aromatic N) is 1. The minimum atomic E-state index is 0.474. The molecule has 20 heavy (non-hydrogen) atoms. The Kier molecular flexibility index (Phi) is 4.02. The third-order valence-electron chi connectivity index (χ3n) is 3.88. The molecule has 0 spiro atoms. The molecule has 2 aromatic rings. The fourth-order valence-electron chi connectivity index (χ4n) is 2.82. The van der Waals surface area contributed by atoms with Crippen LogP contribution in [0.5, 0.6) is 0 Å². The van der Waals surface area contributed by atoms with E-state index in [1.807, 2.05) is 24.3 Å². The van der Waals surface area contributed by atoms with Crippen LogP contribution in [0, 0.1) is 0 Å². The molecule has 1 aromatic heterocycles. The van der Waals surface area contributed by atoms with Crippen molar-refractivity contribution in [2.75, 3.05) is 24.2 Å². The zero-order valence-corrected chi connectivity index (χ0v) is 11.6. The van der Waals surface area contributed by atoms with Gasteiger partial charge in [-0.3, -0.25) is 4.98 Å². The lowest BCUT2D eigenvalue weighted by Gasteiger charge is -2.13. The second kappa shape index (κ2) is 6.09. The van der Waals surface area contributed by atoms with Gasteiger partial charge in [0.25, 0.3) is 0 Å². The second-order valence-corrected chi connectivity index (χ2v) is 5.31. The maximum Gasteiger partial charge on any atom is 0.0951 e. The number of aromatic nitrogens is 1. The Hall–Kier alpha value is -1.81. The number of benzene rings is 1. The summed E-state index contributed by atoms with van der Waals surface area (Å²) in [6, 6.07) is 7.86. The fourth-order valence-corrected chi connectivity index (χ4v) is 2.82. The number of nitrogen functional groups attached to an aromatic ring is 1. The van der Waals surface area contributed by atoms with Crippen molar-refractivity contribution < 1.29 is 4.74 Å². The van der Waals surface area contributed by atoms with Gasteiger partial charge in [-0.25, -0.2) is 0 Å². The van der Waals surface area contributed by atoms with E-state index >= 15 is 0 Å². The van der Waals surface area contributed by atoms with Crippen LogP contribution >= 0.6 is 0 Å². The number of rotatable bonds is 5. The van der Waals surface area contributed by atoms with E-state index in [1.165, 1.54) is 25.7 Å². The van der Waals surface area contributed by atoms with Gasteiger partial charge < -0.3 is 15.8 Å². The van der Waals surface area contributed by atoms with Crippen molar-refractivity contribution in [2.45, 2.75) is 31.8 Å². The van der Waals surface area contributed by atoms with E-state index in [0.29, 0.717) is 11.8 Å². The van der Waals surface area contributed by atoms with Gasteiger partial charge in [0.15, 0.2) is 0 Å². The Morgan fingerprint density at radius 1 is 1.25 bits per heavy atom. The molecule has 0 unspecified atom stereocenters. The average Bonchev–Trinajstić information content (AvgIpc) is 2.98. The van der Waals surface area contributed by atoms with Crippen molar-refractivity contribution in [1.29, 1.82) is 0 Å². The molecule has 4 heteroatoms. The van der Waals surface area contributed by atoms with Gasteiger partial charge in [-0.1, -0.05) is 25.0 Å². The Labute approximate surface area is 119 Å². The summed E-state index contributed by atoms with van der Waals surface area (Å²) in [6.07, 6.45) is 7.32. The monoisotopic (exact) mass is 271 g/mol. The normalized spacial score (nSPS) is 15.8. The van der Waals surface area contributed by atoms with Crippen LogP contribution in [-0.2, 0) is 4.74 Å². The molecule has 1 fully saturated rings. The summed E-state index contributed by atoms with van der Waals surface area (Å²) in [5.74, 6) is 0. The van der Waals surface area contributed by atoms with E-state index in [-0.39, 0.29) is 0 Å².